The van der Waals surface area contributed by atoms with E-state index in [2.05, 4.69) is 16.2 Å². The van der Waals surface area contributed by atoms with Gasteiger partial charge in [-0.05, 0) is 42.5 Å². The molecular weight excluding hydrogens is 407 g/mol. The van der Waals surface area contributed by atoms with Gasteiger partial charge in [-0.1, -0.05) is 18.2 Å². The lowest BCUT2D eigenvalue weighted by atomic mass is 10.1. The van der Waals surface area contributed by atoms with Gasteiger partial charge in [0.2, 0.25) is 0 Å². The summed E-state index contributed by atoms with van der Waals surface area (Å²) < 4.78 is 17.9. The highest BCUT2D eigenvalue weighted by atomic mass is 19.1. The number of fused-ring (bicyclic) bond motifs is 1. The summed E-state index contributed by atoms with van der Waals surface area (Å²) in [4.78, 5) is 17.6. The molecule has 5 rings (SSSR count). The molecule has 0 unspecified atom stereocenters. The van der Waals surface area contributed by atoms with E-state index < -0.39 is 0 Å². The zero-order valence-corrected chi connectivity index (χ0v) is 17.1. The van der Waals surface area contributed by atoms with E-state index in [-0.39, 0.29) is 11.5 Å². The monoisotopic (exact) mass is 424 g/mol. The molecule has 0 aliphatic carbocycles. The zero-order chi connectivity index (χ0) is 22.2. The van der Waals surface area contributed by atoms with Gasteiger partial charge in [-0.3, -0.25) is 9.13 Å². The molecule has 3 aromatic heterocycles. The Morgan fingerprint density at radius 3 is 2.62 bits per heavy atom. The molecule has 0 saturated heterocycles. The third kappa shape index (κ3) is 3.26. The highest BCUT2D eigenvalue weighted by Gasteiger charge is 2.15. The lowest BCUT2D eigenvalue weighted by Crippen LogP contribution is -2.22. The lowest BCUT2D eigenvalue weighted by Gasteiger charge is -2.05. The van der Waals surface area contributed by atoms with Crippen LogP contribution in [0.2, 0.25) is 0 Å². The van der Waals surface area contributed by atoms with Crippen LogP contribution in [-0.2, 0) is 13.6 Å². The van der Waals surface area contributed by atoms with Crippen LogP contribution in [0, 0.1) is 17.1 Å². The molecular formula is C24H17FN6O. The van der Waals surface area contributed by atoms with Crippen LogP contribution in [-0.4, -0.2) is 23.9 Å². The SMILES string of the molecule is Cn1c(=O)n(Cc2cnn(-c3ccc(F)cc3)c2)c2ccc(-c3ccccc3C#N)nc21. The quantitative estimate of drug-likeness (QED) is 0.441. The third-order valence-electron chi connectivity index (χ3n) is 5.37. The van der Waals surface area contributed by atoms with Crippen LogP contribution in [0.15, 0.2) is 77.9 Å². The van der Waals surface area contributed by atoms with Gasteiger partial charge in [-0.25, -0.2) is 18.9 Å². The molecule has 0 fully saturated rings. The number of nitrogens with zero attached hydrogens (tertiary/aromatic N) is 6. The maximum atomic E-state index is 13.2. The number of imidazole rings is 1. The predicted octanol–water partition coefficient (Wildman–Crippen LogP) is 3.65. The number of halogens is 1. The van der Waals surface area contributed by atoms with Gasteiger partial charge in [0, 0.05) is 24.4 Å². The molecule has 2 aromatic carbocycles. The van der Waals surface area contributed by atoms with Crippen molar-refractivity contribution < 1.29 is 4.39 Å². The van der Waals surface area contributed by atoms with Gasteiger partial charge in [0.1, 0.15) is 5.82 Å². The summed E-state index contributed by atoms with van der Waals surface area (Å²) in [5, 5.41) is 13.7. The highest BCUT2D eigenvalue weighted by molar-refractivity contribution is 5.78. The first-order chi connectivity index (χ1) is 15.5. The summed E-state index contributed by atoms with van der Waals surface area (Å²) in [7, 11) is 1.68. The van der Waals surface area contributed by atoms with Crippen molar-refractivity contribution in [3.05, 3.63) is 100 Å². The Hall–Kier alpha value is -4.51. The maximum absolute atomic E-state index is 13.2. The van der Waals surface area contributed by atoms with E-state index in [1.165, 1.54) is 16.7 Å². The second-order valence-corrected chi connectivity index (χ2v) is 7.39. The van der Waals surface area contributed by atoms with Crippen LogP contribution < -0.4 is 5.69 Å². The van der Waals surface area contributed by atoms with Crippen LogP contribution in [0.5, 0.6) is 0 Å². The summed E-state index contributed by atoms with van der Waals surface area (Å²) in [6.45, 7) is 0.313. The first-order valence-corrected chi connectivity index (χ1v) is 9.90. The largest absolute Gasteiger partial charge is 0.330 e. The van der Waals surface area contributed by atoms with Crippen molar-refractivity contribution in [3.8, 4) is 23.0 Å². The van der Waals surface area contributed by atoms with Crippen LogP contribution >= 0.6 is 0 Å². The van der Waals surface area contributed by atoms with E-state index in [1.807, 2.05) is 30.5 Å². The van der Waals surface area contributed by atoms with Crippen molar-refractivity contribution in [2.24, 2.45) is 7.05 Å². The van der Waals surface area contributed by atoms with Gasteiger partial charge >= 0.3 is 5.69 Å². The van der Waals surface area contributed by atoms with E-state index >= 15 is 0 Å². The van der Waals surface area contributed by atoms with Crippen molar-refractivity contribution in [2.75, 3.05) is 0 Å². The number of aryl methyl sites for hydroxylation is 1. The van der Waals surface area contributed by atoms with Crippen LogP contribution in [0.25, 0.3) is 28.1 Å². The minimum Gasteiger partial charge on any atom is -0.286 e. The van der Waals surface area contributed by atoms with Gasteiger partial charge in [0.15, 0.2) is 5.65 Å². The number of benzene rings is 2. The summed E-state index contributed by atoms with van der Waals surface area (Å²) >= 11 is 0. The van der Waals surface area contributed by atoms with Crippen molar-refractivity contribution >= 4 is 11.2 Å². The third-order valence-corrected chi connectivity index (χ3v) is 5.37. The van der Waals surface area contributed by atoms with Crippen molar-refractivity contribution in [1.29, 1.82) is 5.26 Å². The topological polar surface area (TPSA) is 81.4 Å². The first kappa shape index (κ1) is 19.5. The normalized spacial score (nSPS) is 11.0. The summed E-state index contributed by atoms with van der Waals surface area (Å²) in [5.74, 6) is -0.312. The summed E-state index contributed by atoms with van der Waals surface area (Å²) in [5.41, 5.74) is 4.44. The number of hydrogen-bond acceptors (Lipinski definition) is 4. The highest BCUT2D eigenvalue weighted by Crippen LogP contribution is 2.24. The van der Waals surface area contributed by atoms with Crippen molar-refractivity contribution in [1.82, 2.24) is 23.9 Å². The molecule has 0 saturated carbocycles. The molecule has 32 heavy (non-hydrogen) atoms. The number of nitriles is 1. The Balaban J connectivity index is 1.53. The zero-order valence-electron chi connectivity index (χ0n) is 17.1. The molecule has 0 amide bonds. The molecule has 3 heterocycles. The summed E-state index contributed by atoms with van der Waals surface area (Å²) in [6.07, 6.45) is 3.49. The van der Waals surface area contributed by atoms with Gasteiger partial charge < -0.3 is 0 Å². The molecule has 5 aromatic rings. The molecule has 0 atom stereocenters. The summed E-state index contributed by atoms with van der Waals surface area (Å²) in [6, 6.07) is 19.1. The van der Waals surface area contributed by atoms with Gasteiger partial charge in [-0.2, -0.15) is 10.4 Å². The van der Waals surface area contributed by atoms with Crippen LogP contribution in [0.1, 0.15) is 11.1 Å². The predicted molar refractivity (Wildman–Crippen MR) is 118 cm³/mol. The van der Waals surface area contributed by atoms with Crippen LogP contribution in [0.3, 0.4) is 0 Å². The fraction of sp³-hybridized carbons (Fsp3) is 0.0833. The van der Waals surface area contributed by atoms with Crippen LogP contribution in [0.4, 0.5) is 4.39 Å². The number of rotatable bonds is 4. The second-order valence-electron chi connectivity index (χ2n) is 7.39. The lowest BCUT2D eigenvalue weighted by molar-refractivity contribution is 0.627. The Labute approximate surface area is 182 Å². The Kier molecular flexibility index (Phi) is 4.64. The van der Waals surface area contributed by atoms with Gasteiger partial charge in [0.05, 0.1) is 41.3 Å². The molecule has 0 aliphatic heterocycles. The van der Waals surface area contributed by atoms with Crippen molar-refractivity contribution in [2.45, 2.75) is 6.54 Å². The Morgan fingerprint density at radius 2 is 1.84 bits per heavy atom. The van der Waals surface area contributed by atoms with E-state index in [0.29, 0.717) is 29.0 Å². The minimum absolute atomic E-state index is 0.201. The first-order valence-electron chi connectivity index (χ1n) is 9.90. The molecule has 0 spiro atoms. The fourth-order valence-corrected chi connectivity index (χ4v) is 3.74. The minimum atomic E-state index is -0.312. The van der Waals surface area contributed by atoms with E-state index in [1.54, 1.807) is 46.8 Å². The average molecular weight is 424 g/mol. The molecule has 0 bridgehead atoms. The van der Waals surface area contributed by atoms with E-state index in [9.17, 15) is 14.4 Å². The molecule has 156 valence electrons. The molecule has 0 N–H and O–H groups in total. The smallest absolute Gasteiger partial charge is 0.286 e. The molecule has 7 nitrogen and oxygen atoms in total. The van der Waals surface area contributed by atoms with Gasteiger partial charge in [-0.15, -0.1) is 0 Å². The number of pyridine rings is 1. The van der Waals surface area contributed by atoms with Crippen molar-refractivity contribution in [3.63, 3.8) is 0 Å². The fourth-order valence-electron chi connectivity index (χ4n) is 3.74. The molecule has 8 heteroatoms. The average Bonchev–Trinajstić information content (AvgIpc) is 3.38. The number of aromatic nitrogens is 5. The Bertz CT molecular complexity index is 1550. The standard InChI is InChI=1S/C24H17FN6O/c1-29-23-22(11-10-21(28-23)20-5-3-2-4-17(20)12-26)30(24(29)32)14-16-13-27-31(15-16)19-8-6-18(25)7-9-19/h2-11,13,15H,14H2,1H3. The molecule has 0 aliphatic rings. The van der Waals surface area contributed by atoms with E-state index in [4.69, 9.17) is 0 Å². The molecule has 0 radical (unpaired) electrons. The van der Waals surface area contributed by atoms with Gasteiger partial charge in [0.25, 0.3) is 0 Å². The number of hydrogen-bond donors (Lipinski definition) is 0. The Morgan fingerprint density at radius 1 is 1.06 bits per heavy atom. The maximum Gasteiger partial charge on any atom is 0.330 e. The van der Waals surface area contributed by atoms with E-state index in [0.717, 1.165) is 16.8 Å². The second kappa shape index (κ2) is 7.63.